The second-order valence-corrected chi connectivity index (χ2v) is 8.29. The maximum Gasteiger partial charge on any atom is 0.149 e. The van der Waals surface area contributed by atoms with E-state index in [1.54, 1.807) is 0 Å². The van der Waals surface area contributed by atoms with E-state index in [9.17, 15) is 8.78 Å². The molecule has 0 saturated heterocycles. The molecule has 3 aliphatic carbocycles. The molecular formula is C23H36F2. The highest BCUT2D eigenvalue weighted by molar-refractivity contribution is 5.10. The Hall–Kier alpha value is -0.660. The predicted octanol–water partition coefficient (Wildman–Crippen LogP) is 7.21. The third-order valence-electron chi connectivity index (χ3n) is 6.57. The van der Waals surface area contributed by atoms with Crippen molar-refractivity contribution in [1.29, 1.82) is 0 Å². The summed E-state index contributed by atoms with van der Waals surface area (Å²) in [7, 11) is 0. The molecule has 142 valence electrons. The van der Waals surface area contributed by atoms with Gasteiger partial charge in [-0.15, -0.1) is 0 Å². The second kappa shape index (κ2) is 9.33. The second-order valence-electron chi connectivity index (χ2n) is 8.29. The van der Waals surface area contributed by atoms with Gasteiger partial charge in [-0.05, 0) is 74.5 Å². The molecular weight excluding hydrogens is 314 g/mol. The summed E-state index contributed by atoms with van der Waals surface area (Å²) in [5.74, 6) is 0.721. The molecule has 0 aliphatic heterocycles. The minimum atomic E-state index is -3.46. The third-order valence-corrected chi connectivity index (χ3v) is 6.57. The number of hydrogen-bond acceptors (Lipinski definition) is 0. The summed E-state index contributed by atoms with van der Waals surface area (Å²) in [4.78, 5) is 0. The molecule has 0 aromatic heterocycles. The molecule has 0 spiro atoms. The molecule has 0 nitrogen and oxygen atoms in total. The van der Waals surface area contributed by atoms with Crippen molar-refractivity contribution in [2.24, 2.45) is 29.6 Å². The van der Waals surface area contributed by atoms with Crippen LogP contribution in [0.3, 0.4) is 0 Å². The van der Waals surface area contributed by atoms with Crippen LogP contribution in [0.1, 0.15) is 83.0 Å². The van der Waals surface area contributed by atoms with Gasteiger partial charge in [0.15, 0.2) is 0 Å². The first-order valence-electron chi connectivity index (χ1n) is 12.3. The van der Waals surface area contributed by atoms with Crippen LogP contribution in [-0.2, 0) is 0 Å². The lowest BCUT2D eigenvalue weighted by Crippen LogP contribution is -2.25. The van der Waals surface area contributed by atoms with Gasteiger partial charge in [0, 0.05) is 4.11 Å². The predicted molar refractivity (Wildman–Crippen MR) is 102 cm³/mol. The van der Waals surface area contributed by atoms with Gasteiger partial charge in [-0.2, -0.15) is 0 Å². The van der Waals surface area contributed by atoms with E-state index in [1.165, 1.54) is 44.6 Å². The fourth-order valence-electron chi connectivity index (χ4n) is 5.02. The van der Waals surface area contributed by atoms with Crippen LogP contribution in [0.15, 0.2) is 24.3 Å². The van der Waals surface area contributed by atoms with E-state index in [0.717, 1.165) is 55.6 Å². The smallest absolute Gasteiger partial charge is 0.149 e. The molecule has 0 heterocycles. The van der Waals surface area contributed by atoms with Crippen molar-refractivity contribution >= 4 is 0 Å². The summed E-state index contributed by atoms with van der Waals surface area (Å²) in [5, 5.41) is 0. The Morgan fingerprint density at radius 1 is 0.960 bits per heavy atom. The Bertz CT molecular complexity index is 602. The Labute approximate surface area is 158 Å². The van der Waals surface area contributed by atoms with E-state index in [-0.39, 0.29) is 5.92 Å². The molecule has 3 rings (SSSR count). The molecule has 2 saturated carbocycles. The highest BCUT2D eigenvalue weighted by Gasteiger charge is 2.30. The normalized spacial score (nSPS) is 53.0. The number of hydrogen-bond donors (Lipinski definition) is 0. The van der Waals surface area contributed by atoms with Crippen LogP contribution in [0, 0.1) is 29.6 Å². The molecule has 3 atom stereocenters. The van der Waals surface area contributed by atoms with Crippen LogP contribution in [0.5, 0.6) is 0 Å². The van der Waals surface area contributed by atoms with Crippen molar-refractivity contribution in [3.63, 3.8) is 0 Å². The monoisotopic (exact) mass is 354 g/mol. The highest BCUT2D eigenvalue weighted by Crippen LogP contribution is 2.42. The van der Waals surface area contributed by atoms with Crippen molar-refractivity contribution < 1.29 is 14.3 Å². The van der Waals surface area contributed by atoms with Crippen LogP contribution in [0.4, 0.5) is 8.78 Å². The fraction of sp³-hybridized carbons (Fsp3) is 0.826. The topological polar surface area (TPSA) is 0 Å². The first-order valence-corrected chi connectivity index (χ1v) is 10.3. The zero-order valence-electron chi connectivity index (χ0n) is 19.5. The van der Waals surface area contributed by atoms with Gasteiger partial charge in [-0.1, -0.05) is 56.9 Å². The van der Waals surface area contributed by atoms with Crippen molar-refractivity contribution in [2.45, 2.75) is 89.8 Å². The highest BCUT2D eigenvalue weighted by atomic mass is 19.2. The number of rotatable bonds is 5. The summed E-state index contributed by atoms with van der Waals surface area (Å²) in [6.07, 6.45) is 8.72. The molecule has 2 heteroatoms. The Kier molecular flexibility index (Phi) is 5.37. The minimum Gasteiger partial charge on any atom is -0.244 e. The van der Waals surface area contributed by atoms with Crippen LogP contribution in [-0.4, -0.2) is 12.3 Å². The molecule has 2 fully saturated rings. The Balaban J connectivity index is 1.54. The van der Waals surface area contributed by atoms with E-state index >= 15 is 0 Å². The zero-order valence-corrected chi connectivity index (χ0v) is 15.5. The molecule has 3 aliphatic rings. The van der Waals surface area contributed by atoms with Gasteiger partial charge >= 0.3 is 0 Å². The minimum absolute atomic E-state index is 0.247. The first-order chi connectivity index (χ1) is 13.6. The van der Waals surface area contributed by atoms with Gasteiger partial charge in [0.2, 0.25) is 0 Å². The van der Waals surface area contributed by atoms with Gasteiger partial charge in [0.1, 0.15) is 12.3 Å². The van der Waals surface area contributed by atoms with Crippen LogP contribution >= 0.6 is 0 Å². The van der Waals surface area contributed by atoms with Crippen molar-refractivity contribution in [1.82, 2.24) is 0 Å². The lowest BCUT2D eigenvalue weighted by Gasteiger charge is -2.37. The van der Waals surface area contributed by atoms with Crippen LogP contribution in [0.25, 0.3) is 0 Å². The summed E-state index contributed by atoms with van der Waals surface area (Å²) >= 11 is 0. The summed E-state index contributed by atoms with van der Waals surface area (Å²) < 4.78 is 59.7. The maximum atomic E-state index is 14.3. The Morgan fingerprint density at radius 2 is 1.60 bits per heavy atom. The first kappa shape index (κ1) is 14.4. The van der Waals surface area contributed by atoms with Gasteiger partial charge in [0.25, 0.3) is 0 Å². The lowest BCUT2D eigenvalue weighted by atomic mass is 9.68. The van der Waals surface area contributed by atoms with E-state index in [4.69, 9.17) is 5.48 Å². The van der Waals surface area contributed by atoms with Gasteiger partial charge < -0.3 is 0 Å². The summed E-state index contributed by atoms with van der Waals surface area (Å²) in [5.41, 5.74) is 0. The Morgan fingerprint density at radius 3 is 2.24 bits per heavy atom. The van der Waals surface area contributed by atoms with Gasteiger partial charge in [-0.3, -0.25) is 0 Å². The van der Waals surface area contributed by atoms with Crippen LogP contribution < -0.4 is 0 Å². The fourth-order valence-corrected chi connectivity index (χ4v) is 5.02. The van der Waals surface area contributed by atoms with E-state index in [0.29, 0.717) is 0 Å². The largest absolute Gasteiger partial charge is 0.244 e. The SMILES string of the molecule is [2H]C1(C=CC2CCC(C3CCC(CCC)CC3)CC2)C=CC(F)C([2H])(F)C1([2H])[2H]. The summed E-state index contributed by atoms with van der Waals surface area (Å²) in [6.45, 7) is 2.27. The summed E-state index contributed by atoms with van der Waals surface area (Å²) in [6, 6.07) is 0. The van der Waals surface area contributed by atoms with Crippen LogP contribution in [0.2, 0.25) is 0 Å². The third kappa shape index (κ3) is 5.41. The average molecular weight is 355 g/mol. The van der Waals surface area contributed by atoms with Gasteiger partial charge in [0.05, 0.1) is 1.37 Å². The number of allylic oxidation sites excluding steroid dienone is 4. The van der Waals surface area contributed by atoms with Crippen molar-refractivity contribution in [2.75, 3.05) is 0 Å². The standard InChI is InChI=1S/C23H36F2/c1-2-3-17-6-11-20(12-7-17)21-13-8-18(9-14-21)4-5-19-10-15-22(24)23(25)16-19/h4-5,10,15,17-23H,2-3,6-9,11-14,16H2,1H3/i16D2,19D,23D. The molecule has 0 N–H and O–H groups in total. The molecule has 0 amide bonds. The molecule has 3 unspecified atom stereocenters. The van der Waals surface area contributed by atoms with E-state index in [1.807, 2.05) is 6.08 Å². The maximum absolute atomic E-state index is 14.3. The molecule has 0 radical (unpaired) electrons. The zero-order chi connectivity index (χ0) is 21.3. The van der Waals surface area contributed by atoms with Gasteiger partial charge in [-0.25, -0.2) is 8.78 Å². The lowest BCUT2D eigenvalue weighted by molar-refractivity contribution is 0.152. The van der Waals surface area contributed by atoms with Crippen molar-refractivity contribution in [3.05, 3.63) is 24.3 Å². The number of alkyl halides is 2. The molecule has 0 bridgehead atoms. The number of halogens is 2. The molecule has 25 heavy (non-hydrogen) atoms. The quantitative estimate of drug-likeness (QED) is 0.458. The van der Waals surface area contributed by atoms with E-state index in [2.05, 4.69) is 6.92 Å². The molecule has 0 aromatic rings. The molecule has 0 aromatic carbocycles. The average Bonchev–Trinajstić information content (AvgIpc) is 2.70. The van der Waals surface area contributed by atoms with E-state index < -0.39 is 24.6 Å². The van der Waals surface area contributed by atoms with Crippen molar-refractivity contribution in [3.8, 4) is 0 Å².